The highest BCUT2D eigenvalue weighted by Gasteiger charge is 2.30. The lowest BCUT2D eigenvalue weighted by molar-refractivity contribution is -0.121. The van der Waals surface area contributed by atoms with Gasteiger partial charge in [-0.3, -0.25) is 9.69 Å². The number of methoxy groups -OCH3 is 2. The molecule has 0 bridgehead atoms. The molecule has 39 heavy (non-hydrogen) atoms. The first-order valence-electron chi connectivity index (χ1n) is 12.2. The number of aliphatic imine (C=N–C) groups is 1. The topological polar surface area (TPSA) is 77.4 Å². The molecular weight excluding hydrogens is 512 g/mol. The Morgan fingerprint density at radius 3 is 2.44 bits per heavy atom. The van der Waals surface area contributed by atoms with Crippen LogP contribution in [0.4, 0.5) is 5.69 Å². The van der Waals surface area contributed by atoms with Gasteiger partial charge in [0.2, 0.25) is 0 Å². The Hall–Kier alpha value is -4.56. The molecule has 0 atom stereocenters. The summed E-state index contributed by atoms with van der Waals surface area (Å²) in [4.78, 5) is 31.2. The molecule has 0 spiro atoms. The summed E-state index contributed by atoms with van der Waals surface area (Å²) >= 11 is 1.28. The van der Waals surface area contributed by atoms with Crippen LogP contribution in [0.25, 0.3) is 16.8 Å². The molecule has 1 heterocycles. The van der Waals surface area contributed by atoms with Crippen LogP contribution in [-0.2, 0) is 16.1 Å². The number of rotatable bonds is 7. The first kappa shape index (κ1) is 26.1. The van der Waals surface area contributed by atoms with Crippen molar-refractivity contribution in [3.63, 3.8) is 0 Å². The number of hydrogen-bond donors (Lipinski definition) is 0. The van der Waals surface area contributed by atoms with Crippen molar-refractivity contribution < 1.29 is 23.8 Å². The number of likely N-dealkylation sites (N-methyl/N-ethyl adjacent to an activating group) is 1. The van der Waals surface area contributed by atoms with Crippen LogP contribution in [0.2, 0.25) is 0 Å². The van der Waals surface area contributed by atoms with Crippen molar-refractivity contribution in [3.8, 4) is 11.5 Å². The molecule has 1 aliphatic heterocycles. The molecule has 196 valence electrons. The minimum absolute atomic E-state index is 0.152. The number of ether oxygens (including phenoxy) is 3. The van der Waals surface area contributed by atoms with Crippen LogP contribution in [0.3, 0.4) is 0 Å². The molecule has 8 heteroatoms. The third kappa shape index (κ3) is 5.81. The maximum atomic E-state index is 12.9. The van der Waals surface area contributed by atoms with E-state index in [0.29, 0.717) is 39.4 Å². The molecule has 1 saturated heterocycles. The zero-order chi connectivity index (χ0) is 27.4. The van der Waals surface area contributed by atoms with Gasteiger partial charge in [-0.15, -0.1) is 0 Å². The fraction of sp³-hybridized carbons (Fsp3) is 0.129. The SMILES string of the molecule is COC(=O)c1ccc(N=C2SC(=Cc3ccc(OCc4ccc5ccccc5c4)c(OC)c3)C(=O)N2C)cc1. The molecule has 0 aliphatic carbocycles. The van der Waals surface area contributed by atoms with Crippen molar-refractivity contribution in [2.75, 3.05) is 21.3 Å². The lowest BCUT2D eigenvalue weighted by Gasteiger charge is -2.12. The third-order valence-corrected chi connectivity index (χ3v) is 7.27. The molecule has 0 unspecified atom stereocenters. The van der Waals surface area contributed by atoms with Gasteiger partial charge < -0.3 is 14.2 Å². The third-order valence-electron chi connectivity index (χ3n) is 6.21. The summed E-state index contributed by atoms with van der Waals surface area (Å²) in [7, 11) is 4.61. The molecular formula is C31H26N2O5S. The number of nitrogens with zero attached hydrogens (tertiary/aromatic N) is 2. The predicted molar refractivity (Wildman–Crippen MR) is 154 cm³/mol. The van der Waals surface area contributed by atoms with Gasteiger partial charge in [0.05, 0.1) is 30.4 Å². The smallest absolute Gasteiger partial charge is 0.337 e. The van der Waals surface area contributed by atoms with Gasteiger partial charge in [0.25, 0.3) is 5.91 Å². The maximum absolute atomic E-state index is 12.9. The monoisotopic (exact) mass is 538 g/mol. The van der Waals surface area contributed by atoms with E-state index in [9.17, 15) is 9.59 Å². The Morgan fingerprint density at radius 1 is 0.923 bits per heavy atom. The van der Waals surface area contributed by atoms with Crippen LogP contribution in [0.5, 0.6) is 11.5 Å². The summed E-state index contributed by atoms with van der Waals surface area (Å²) in [5, 5.41) is 2.89. The van der Waals surface area contributed by atoms with Gasteiger partial charge in [-0.2, -0.15) is 0 Å². The Balaban J connectivity index is 1.30. The van der Waals surface area contributed by atoms with Gasteiger partial charge in [0.1, 0.15) is 6.61 Å². The summed E-state index contributed by atoms with van der Waals surface area (Å²) < 4.78 is 16.4. The molecule has 0 N–H and O–H groups in total. The van der Waals surface area contributed by atoms with Crippen LogP contribution < -0.4 is 9.47 Å². The largest absolute Gasteiger partial charge is 0.493 e. The highest BCUT2D eigenvalue weighted by molar-refractivity contribution is 8.18. The number of carbonyl (C=O) groups excluding carboxylic acids is 2. The van der Waals surface area contributed by atoms with E-state index in [-0.39, 0.29) is 5.91 Å². The lowest BCUT2D eigenvalue weighted by Crippen LogP contribution is -2.23. The quantitative estimate of drug-likeness (QED) is 0.199. The highest BCUT2D eigenvalue weighted by Crippen LogP contribution is 2.35. The van der Waals surface area contributed by atoms with Gasteiger partial charge in [0.15, 0.2) is 16.7 Å². The fourth-order valence-electron chi connectivity index (χ4n) is 4.09. The second kappa shape index (κ2) is 11.4. The van der Waals surface area contributed by atoms with Gasteiger partial charge in [0, 0.05) is 7.05 Å². The number of amides is 1. The average molecular weight is 539 g/mol. The summed E-state index contributed by atoms with van der Waals surface area (Å²) in [6, 6.07) is 26.7. The van der Waals surface area contributed by atoms with Crippen LogP contribution in [-0.4, -0.2) is 43.2 Å². The van der Waals surface area contributed by atoms with Crippen LogP contribution >= 0.6 is 11.8 Å². The summed E-state index contributed by atoms with van der Waals surface area (Å²) in [6.07, 6.45) is 1.81. The second-order valence-electron chi connectivity index (χ2n) is 8.79. The van der Waals surface area contributed by atoms with Crippen LogP contribution in [0.1, 0.15) is 21.5 Å². The maximum Gasteiger partial charge on any atom is 0.337 e. The molecule has 1 aliphatic rings. The van der Waals surface area contributed by atoms with E-state index in [1.807, 2.05) is 36.4 Å². The second-order valence-corrected chi connectivity index (χ2v) is 9.80. The van der Waals surface area contributed by atoms with E-state index in [0.717, 1.165) is 16.5 Å². The standard InChI is InChI=1S/C31H26N2O5S/c1-33-29(34)28(39-31(33)32-25-13-11-23(12-14-25)30(35)37-3)18-20-9-15-26(27(17-20)36-2)38-19-21-8-10-22-6-4-5-7-24(22)16-21/h4-18H,19H2,1-3H3. The predicted octanol–water partition coefficient (Wildman–Crippen LogP) is 6.45. The van der Waals surface area contributed by atoms with Crippen molar-refractivity contribution >= 4 is 51.3 Å². The van der Waals surface area contributed by atoms with E-state index in [4.69, 9.17) is 14.2 Å². The van der Waals surface area contributed by atoms with Gasteiger partial charge in [-0.25, -0.2) is 9.79 Å². The van der Waals surface area contributed by atoms with Crippen molar-refractivity contribution in [1.29, 1.82) is 0 Å². The zero-order valence-electron chi connectivity index (χ0n) is 21.7. The van der Waals surface area contributed by atoms with E-state index in [1.165, 1.54) is 29.2 Å². The Morgan fingerprint density at radius 2 is 1.69 bits per heavy atom. The molecule has 5 rings (SSSR count). The Bertz CT molecular complexity index is 1610. The van der Waals surface area contributed by atoms with Crippen LogP contribution in [0.15, 0.2) is 94.8 Å². The number of hydrogen-bond acceptors (Lipinski definition) is 7. The minimum Gasteiger partial charge on any atom is -0.493 e. The lowest BCUT2D eigenvalue weighted by atomic mass is 10.1. The van der Waals surface area contributed by atoms with Crippen molar-refractivity contribution in [2.24, 2.45) is 4.99 Å². The molecule has 1 fully saturated rings. The average Bonchev–Trinajstić information content (AvgIpc) is 3.23. The first-order valence-corrected chi connectivity index (χ1v) is 13.0. The Labute approximate surface area is 230 Å². The minimum atomic E-state index is -0.414. The highest BCUT2D eigenvalue weighted by atomic mass is 32.2. The zero-order valence-corrected chi connectivity index (χ0v) is 22.5. The van der Waals surface area contributed by atoms with E-state index >= 15 is 0 Å². The number of esters is 1. The number of thioether (sulfide) groups is 1. The molecule has 4 aromatic rings. The molecule has 0 saturated carbocycles. The summed E-state index contributed by atoms with van der Waals surface area (Å²) in [5.74, 6) is 0.629. The van der Waals surface area contributed by atoms with Gasteiger partial charge in [-0.05, 0) is 82.2 Å². The Kier molecular flexibility index (Phi) is 7.65. The van der Waals surface area contributed by atoms with E-state index in [1.54, 1.807) is 38.4 Å². The summed E-state index contributed by atoms with van der Waals surface area (Å²) in [6.45, 7) is 0.404. The number of amidine groups is 1. The molecule has 0 aromatic heterocycles. The van der Waals surface area contributed by atoms with Gasteiger partial charge >= 0.3 is 5.97 Å². The van der Waals surface area contributed by atoms with Crippen molar-refractivity contribution in [3.05, 3.63) is 107 Å². The van der Waals surface area contributed by atoms with Crippen molar-refractivity contribution in [1.82, 2.24) is 4.90 Å². The number of fused-ring (bicyclic) bond motifs is 1. The van der Waals surface area contributed by atoms with Gasteiger partial charge in [-0.1, -0.05) is 42.5 Å². The molecule has 7 nitrogen and oxygen atoms in total. The number of benzene rings is 4. The fourth-order valence-corrected chi connectivity index (χ4v) is 5.07. The first-order chi connectivity index (χ1) is 18.9. The molecule has 1 amide bonds. The van der Waals surface area contributed by atoms with E-state index < -0.39 is 5.97 Å². The van der Waals surface area contributed by atoms with E-state index in [2.05, 4.69) is 35.3 Å². The summed E-state index contributed by atoms with van der Waals surface area (Å²) in [5.41, 5.74) is 2.92. The molecule has 4 aromatic carbocycles. The van der Waals surface area contributed by atoms with Crippen molar-refractivity contribution in [2.45, 2.75) is 6.61 Å². The normalized spacial score (nSPS) is 15.3. The van der Waals surface area contributed by atoms with Crippen LogP contribution in [0, 0.1) is 0 Å². The molecule has 0 radical (unpaired) electrons. The number of carbonyl (C=O) groups is 2.